The monoisotopic (exact) mass is 319 g/mol. The Labute approximate surface area is 135 Å². The third kappa shape index (κ3) is 5.94. The number of rotatable bonds is 7. The number of esters is 1. The Hall–Kier alpha value is -2.62. The van der Waals surface area contributed by atoms with E-state index < -0.39 is 10.3 Å². The van der Waals surface area contributed by atoms with Crippen molar-refractivity contribution >= 4 is 17.3 Å². The molecule has 0 amide bonds. The van der Waals surface area contributed by atoms with Crippen LogP contribution in [0.4, 0.5) is 11.4 Å². The molecule has 1 N–H and O–H groups in total. The fraction of sp³-hybridized carbons (Fsp3) is 0.500. The van der Waals surface area contributed by atoms with E-state index in [0.717, 1.165) is 0 Å². The van der Waals surface area contributed by atoms with Crippen molar-refractivity contribution in [2.24, 2.45) is 5.41 Å². The first-order valence-corrected chi connectivity index (χ1v) is 7.35. The lowest BCUT2D eigenvalue weighted by Crippen LogP contribution is -2.23. The largest absolute Gasteiger partial charge is 0.465 e. The minimum atomic E-state index is -0.520. The Morgan fingerprint density at radius 1 is 1.39 bits per heavy atom. The van der Waals surface area contributed by atoms with E-state index in [1.165, 1.54) is 18.2 Å². The molecule has 0 radical (unpaired) electrons. The summed E-state index contributed by atoms with van der Waals surface area (Å²) in [4.78, 5) is 22.0. The highest BCUT2D eigenvalue weighted by atomic mass is 16.6. The molecule has 7 heteroatoms. The zero-order valence-corrected chi connectivity index (χ0v) is 13.6. The molecule has 7 nitrogen and oxygen atoms in total. The maximum absolute atomic E-state index is 11.6. The van der Waals surface area contributed by atoms with Gasteiger partial charge in [-0.25, -0.2) is 0 Å². The Kier molecular flexibility index (Phi) is 6.51. The molecule has 124 valence electrons. The Balaban J connectivity index is 2.41. The molecule has 0 aliphatic rings. The van der Waals surface area contributed by atoms with Crippen LogP contribution in [0.25, 0.3) is 0 Å². The number of hydrogen-bond acceptors (Lipinski definition) is 6. The Bertz CT molecular complexity index is 615. The third-order valence-electron chi connectivity index (χ3n) is 3.06. The average Bonchev–Trinajstić information content (AvgIpc) is 2.49. The van der Waals surface area contributed by atoms with Crippen LogP contribution in [0.2, 0.25) is 0 Å². The molecule has 0 unspecified atom stereocenters. The Morgan fingerprint density at radius 2 is 2.09 bits per heavy atom. The summed E-state index contributed by atoms with van der Waals surface area (Å²) in [7, 11) is 0. The van der Waals surface area contributed by atoms with Gasteiger partial charge in [-0.05, 0) is 45.7 Å². The van der Waals surface area contributed by atoms with Gasteiger partial charge in [-0.1, -0.05) is 0 Å². The first kappa shape index (κ1) is 18.4. The van der Waals surface area contributed by atoms with Crippen molar-refractivity contribution < 1.29 is 14.5 Å². The van der Waals surface area contributed by atoms with Crippen molar-refractivity contribution in [3.8, 4) is 6.07 Å². The summed E-state index contributed by atoms with van der Waals surface area (Å²) in [6.45, 7) is 6.22. The predicted octanol–water partition coefficient (Wildman–Crippen LogP) is 3.25. The first-order valence-electron chi connectivity index (χ1n) is 7.35. The standard InChI is InChI=1S/C16H21N3O4/c1-16(2,3)15(20)23-9-5-4-8-18-13-7-6-12(11-17)10-14(13)19(21)22/h6-7,10,18H,4-5,8-9H2,1-3H3. The third-order valence-corrected chi connectivity index (χ3v) is 3.06. The van der Waals surface area contributed by atoms with Crippen molar-refractivity contribution in [3.63, 3.8) is 0 Å². The molecular weight excluding hydrogens is 298 g/mol. The van der Waals surface area contributed by atoms with Crippen LogP contribution in [0, 0.1) is 26.9 Å². The summed E-state index contributed by atoms with van der Waals surface area (Å²) in [6.07, 6.45) is 1.37. The highest BCUT2D eigenvalue weighted by molar-refractivity contribution is 5.75. The second kappa shape index (κ2) is 8.13. The van der Waals surface area contributed by atoms with Crippen LogP contribution >= 0.6 is 0 Å². The number of carbonyl (C=O) groups excluding carboxylic acids is 1. The number of benzene rings is 1. The zero-order valence-electron chi connectivity index (χ0n) is 13.6. The molecule has 0 atom stereocenters. The van der Waals surface area contributed by atoms with Crippen LogP contribution in [0.3, 0.4) is 0 Å². The van der Waals surface area contributed by atoms with E-state index in [0.29, 0.717) is 31.7 Å². The van der Waals surface area contributed by atoms with Crippen LogP contribution in [-0.4, -0.2) is 24.0 Å². The van der Waals surface area contributed by atoms with E-state index in [2.05, 4.69) is 5.32 Å². The first-order chi connectivity index (χ1) is 10.8. The van der Waals surface area contributed by atoms with Gasteiger partial charge in [0.05, 0.1) is 28.6 Å². The second-order valence-corrected chi connectivity index (χ2v) is 6.12. The van der Waals surface area contributed by atoms with Crippen LogP contribution < -0.4 is 5.32 Å². The lowest BCUT2D eigenvalue weighted by Gasteiger charge is -2.16. The van der Waals surface area contributed by atoms with Crippen molar-refractivity contribution in [1.29, 1.82) is 5.26 Å². The van der Waals surface area contributed by atoms with E-state index in [4.69, 9.17) is 10.00 Å². The topological polar surface area (TPSA) is 105 Å². The molecule has 1 aromatic rings. The minimum Gasteiger partial charge on any atom is -0.465 e. The van der Waals surface area contributed by atoms with E-state index >= 15 is 0 Å². The lowest BCUT2D eigenvalue weighted by atomic mass is 9.97. The number of nitro benzene ring substituents is 1. The van der Waals surface area contributed by atoms with Crippen LogP contribution in [0.1, 0.15) is 39.2 Å². The van der Waals surface area contributed by atoms with Gasteiger partial charge in [-0.3, -0.25) is 14.9 Å². The fourth-order valence-corrected chi connectivity index (χ4v) is 1.73. The average molecular weight is 319 g/mol. The van der Waals surface area contributed by atoms with Crippen LogP contribution in [0.5, 0.6) is 0 Å². The molecule has 0 heterocycles. The molecule has 23 heavy (non-hydrogen) atoms. The van der Waals surface area contributed by atoms with Gasteiger partial charge in [0.15, 0.2) is 0 Å². The molecule has 0 saturated heterocycles. The molecule has 1 aromatic carbocycles. The maximum Gasteiger partial charge on any atom is 0.311 e. The van der Waals surface area contributed by atoms with Gasteiger partial charge >= 0.3 is 5.97 Å². The van der Waals surface area contributed by atoms with Gasteiger partial charge in [0.1, 0.15) is 5.69 Å². The van der Waals surface area contributed by atoms with Crippen LogP contribution in [-0.2, 0) is 9.53 Å². The number of nitro groups is 1. The molecule has 1 rings (SSSR count). The Morgan fingerprint density at radius 3 is 2.65 bits per heavy atom. The number of nitriles is 1. The summed E-state index contributed by atoms with van der Waals surface area (Å²) in [5.41, 5.74) is -0.0123. The number of hydrogen-bond donors (Lipinski definition) is 1. The normalized spacial score (nSPS) is 10.7. The molecule has 0 saturated carbocycles. The maximum atomic E-state index is 11.6. The van der Waals surface area contributed by atoms with Gasteiger partial charge in [-0.15, -0.1) is 0 Å². The lowest BCUT2D eigenvalue weighted by molar-refractivity contribution is -0.384. The van der Waals surface area contributed by atoms with Crippen molar-refractivity contribution in [3.05, 3.63) is 33.9 Å². The van der Waals surface area contributed by atoms with Gasteiger partial charge in [0.25, 0.3) is 5.69 Å². The summed E-state index contributed by atoms with van der Waals surface area (Å²) in [5, 5.41) is 22.7. The van der Waals surface area contributed by atoms with Crippen molar-refractivity contribution in [1.82, 2.24) is 0 Å². The zero-order chi connectivity index (χ0) is 17.5. The van der Waals surface area contributed by atoms with E-state index in [1.54, 1.807) is 20.8 Å². The summed E-state index contributed by atoms with van der Waals surface area (Å²) in [6, 6.07) is 6.17. The molecule has 0 spiro atoms. The number of nitrogens with one attached hydrogen (secondary N) is 1. The summed E-state index contributed by atoms with van der Waals surface area (Å²) < 4.78 is 5.14. The van der Waals surface area contributed by atoms with E-state index in [-0.39, 0.29) is 17.2 Å². The highest BCUT2D eigenvalue weighted by Gasteiger charge is 2.22. The van der Waals surface area contributed by atoms with Crippen molar-refractivity contribution in [2.75, 3.05) is 18.5 Å². The molecule has 0 aliphatic heterocycles. The van der Waals surface area contributed by atoms with Crippen LogP contribution in [0.15, 0.2) is 18.2 Å². The quantitative estimate of drug-likeness (QED) is 0.358. The van der Waals surface area contributed by atoms with Gasteiger partial charge < -0.3 is 10.1 Å². The molecular formula is C16H21N3O4. The number of carbonyl (C=O) groups is 1. The number of anilines is 1. The van der Waals surface area contributed by atoms with Crippen molar-refractivity contribution in [2.45, 2.75) is 33.6 Å². The number of unbranched alkanes of at least 4 members (excludes halogenated alkanes) is 1. The molecule has 0 aliphatic carbocycles. The van der Waals surface area contributed by atoms with Gasteiger partial charge in [0.2, 0.25) is 0 Å². The summed E-state index contributed by atoms with van der Waals surface area (Å²) in [5.74, 6) is -0.242. The number of ether oxygens (including phenoxy) is 1. The fourth-order valence-electron chi connectivity index (χ4n) is 1.73. The SMILES string of the molecule is CC(C)(C)C(=O)OCCCCNc1ccc(C#N)cc1[N+](=O)[O-]. The summed E-state index contributed by atoms with van der Waals surface area (Å²) >= 11 is 0. The van der Waals surface area contributed by atoms with Gasteiger partial charge in [0, 0.05) is 12.6 Å². The second-order valence-electron chi connectivity index (χ2n) is 6.12. The number of nitrogens with zero attached hydrogens (tertiary/aromatic N) is 2. The molecule has 0 bridgehead atoms. The highest BCUT2D eigenvalue weighted by Crippen LogP contribution is 2.25. The van der Waals surface area contributed by atoms with E-state index in [1.807, 2.05) is 6.07 Å². The minimum absolute atomic E-state index is 0.122. The van der Waals surface area contributed by atoms with E-state index in [9.17, 15) is 14.9 Å². The predicted molar refractivity (Wildman–Crippen MR) is 85.9 cm³/mol. The smallest absolute Gasteiger partial charge is 0.311 e. The molecule has 0 aromatic heterocycles. The molecule has 0 fully saturated rings. The van der Waals surface area contributed by atoms with Gasteiger partial charge in [-0.2, -0.15) is 5.26 Å².